The summed E-state index contributed by atoms with van der Waals surface area (Å²) >= 11 is 1.66. The molecule has 0 spiro atoms. The number of carbonyl (C=O) groups is 2. The number of likely N-dealkylation sites (N-methyl/N-ethyl adjacent to an activating group) is 1. The summed E-state index contributed by atoms with van der Waals surface area (Å²) < 4.78 is 5.28. The molecule has 0 bridgehead atoms. The Labute approximate surface area is 128 Å². The first-order valence-electron chi connectivity index (χ1n) is 7.32. The highest BCUT2D eigenvalue weighted by molar-refractivity contribution is 7.99. The highest BCUT2D eigenvalue weighted by Crippen LogP contribution is 2.32. The quantitative estimate of drug-likeness (QED) is 0.853. The Hall–Kier alpha value is -1.43. The van der Waals surface area contributed by atoms with Crippen LogP contribution in [0, 0.1) is 5.92 Å². The molecule has 1 atom stereocenters. The summed E-state index contributed by atoms with van der Waals surface area (Å²) in [5.41, 5.74) is 0. The normalized spacial score (nSPS) is 22.1. The van der Waals surface area contributed by atoms with Crippen molar-refractivity contribution in [3.63, 3.8) is 0 Å². The summed E-state index contributed by atoms with van der Waals surface area (Å²) in [6, 6.07) is 3.35. The topological polar surface area (TPSA) is 53.8 Å². The van der Waals surface area contributed by atoms with E-state index in [1.54, 1.807) is 34.9 Å². The largest absolute Gasteiger partial charge is 0.467 e. The molecule has 114 valence electrons. The fourth-order valence-electron chi connectivity index (χ4n) is 2.72. The third-order valence-electron chi connectivity index (χ3n) is 4.25. The monoisotopic (exact) mass is 308 g/mol. The fraction of sp³-hybridized carbons (Fsp3) is 0.600. The van der Waals surface area contributed by atoms with Gasteiger partial charge in [0.25, 0.3) is 0 Å². The van der Waals surface area contributed by atoms with E-state index in [0.717, 1.165) is 25.0 Å². The lowest BCUT2D eigenvalue weighted by Gasteiger charge is -2.33. The minimum absolute atomic E-state index is 0.00377. The average molecular weight is 308 g/mol. The predicted octanol–water partition coefficient (Wildman–Crippen LogP) is 1.94. The van der Waals surface area contributed by atoms with Crippen molar-refractivity contribution < 1.29 is 14.0 Å². The SMILES string of the molecule is CN(Cc1ccco1)C(=O)[C@H]1CSCN1C(=O)C1CCC1. The molecule has 2 heterocycles. The lowest BCUT2D eigenvalue weighted by atomic mass is 9.84. The number of amides is 2. The Kier molecular flexibility index (Phi) is 4.24. The smallest absolute Gasteiger partial charge is 0.246 e. The van der Waals surface area contributed by atoms with Crippen molar-refractivity contribution in [3.8, 4) is 0 Å². The molecule has 1 aromatic heterocycles. The van der Waals surface area contributed by atoms with Gasteiger partial charge >= 0.3 is 0 Å². The standard InChI is InChI=1S/C15H20N2O3S/c1-16(8-12-6-3-7-20-12)15(19)13-9-21-10-17(13)14(18)11-4-2-5-11/h3,6-7,11,13H,2,4-5,8-10H2,1H3/t13-/m1/s1. The number of thioether (sulfide) groups is 1. The van der Waals surface area contributed by atoms with Gasteiger partial charge in [-0.15, -0.1) is 11.8 Å². The van der Waals surface area contributed by atoms with Gasteiger partial charge in [0.1, 0.15) is 11.8 Å². The van der Waals surface area contributed by atoms with Crippen LogP contribution >= 0.6 is 11.8 Å². The Morgan fingerprint density at radius 1 is 1.48 bits per heavy atom. The molecule has 21 heavy (non-hydrogen) atoms. The van der Waals surface area contributed by atoms with E-state index in [2.05, 4.69) is 0 Å². The number of rotatable bonds is 4. The summed E-state index contributed by atoms with van der Waals surface area (Å²) in [7, 11) is 1.76. The van der Waals surface area contributed by atoms with Crippen LogP contribution in [0.25, 0.3) is 0 Å². The van der Waals surface area contributed by atoms with Crippen LogP contribution in [0.15, 0.2) is 22.8 Å². The number of furan rings is 1. The molecule has 3 rings (SSSR count). The molecule has 0 radical (unpaired) electrons. The Morgan fingerprint density at radius 3 is 2.90 bits per heavy atom. The summed E-state index contributed by atoms with van der Waals surface area (Å²) in [5, 5.41) is 0. The molecule has 0 aromatic carbocycles. The maximum atomic E-state index is 12.6. The minimum Gasteiger partial charge on any atom is -0.467 e. The fourth-order valence-corrected chi connectivity index (χ4v) is 3.88. The second kappa shape index (κ2) is 6.13. The van der Waals surface area contributed by atoms with Crippen molar-refractivity contribution in [2.45, 2.75) is 31.8 Å². The maximum absolute atomic E-state index is 12.6. The third kappa shape index (κ3) is 2.95. The van der Waals surface area contributed by atoms with E-state index in [1.807, 2.05) is 12.1 Å². The molecule has 2 fully saturated rings. The number of nitrogens with zero attached hydrogens (tertiary/aromatic N) is 2. The number of carbonyl (C=O) groups excluding carboxylic acids is 2. The lowest BCUT2D eigenvalue weighted by molar-refractivity contribution is -0.146. The summed E-state index contributed by atoms with van der Waals surface area (Å²) in [6.45, 7) is 0.443. The second-order valence-electron chi connectivity index (χ2n) is 5.73. The van der Waals surface area contributed by atoms with Gasteiger partial charge in [-0.05, 0) is 25.0 Å². The molecular formula is C15H20N2O3S. The van der Waals surface area contributed by atoms with E-state index >= 15 is 0 Å². The van der Waals surface area contributed by atoms with E-state index in [4.69, 9.17) is 4.42 Å². The van der Waals surface area contributed by atoms with Crippen LogP contribution in [0.5, 0.6) is 0 Å². The van der Waals surface area contributed by atoms with Gasteiger partial charge in [-0.1, -0.05) is 6.42 Å². The molecule has 1 aromatic rings. The van der Waals surface area contributed by atoms with E-state index in [1.165, 1.54) is 0 Å². The van der Waals surface area contributed by atoms with Crippen molar-refractivity contribution in [3.05, 3.63) is 24.2 Å². The van der Waals surface area contributed by atoms with Crippen molar-refractivity contribution >= 4 is 23.6 Å². The molecule has 1 saturated carbocycles. The van der Waals surface area contributed by atoms with Crippen LogP contribution in [0.3, 0.4) is 0 Å². The Balaban J connectivity index is 1.63. The van der Waals surface area contributed by atoms with Crippen LogP contribution in [0.4, 0.5) is 0 Å². The molecule has 2 aliphatic rings. The highest BCUT2D eigenvalue weighted by atomic mass is 32.2. The van der Waals surface area contributed by atoms with E-state index < -0.39 is 0 Å². The van der Waals surface area contributed by atoms with Gasteiger partial charge in [-0.25, -0.2) is 0 Å². The van der Waals surface area contributed by atoms with Crippen molar-refractivity contribution in [1.82, 2.24) is 9.80 Å². The predicted molar refractivity (Wildman–Crippen MR) is 80.5 cm³/mol. The van der Waals surface area contributed by atoms with Crippen LogP contribution < -0.4 is 0 Å². The number of hydrogen-bond acceptors (Lipinski definition) is 4. The molecule has 1 aliphatic carbocycles. The zero-order valence-electron chi connectivity index (χ0n) is 12.2. The molecule has 2 amide bonds. The first-order chi connectivity index (χ1) is 10.2. The summed E-state index contributed by atoms with van der Waals surface area (Å²) in [4.78, 5) is 28.4. The van der Waals surface area contributed by atoms with Crippen molar-refractivity contribution in [1.29, 1.82) is 0 Å². The van der Waals surface area contributed by atoms with Crippen molar-refractivity contribution in [2.75, 3.05) is 18.7 Å². The molecule has 1 saturated heterocycles. The van der Waals surface area contributed by atoms with Gasteiger partial charge in [0.2, 0.25) is 11.8 Å². The van der Waals surface area contributed by atoms with E-state index in [9.17, 15) is 9.59 Å². The Bertz CT molecular complexity index is 513. The van der Waals surface area contributed by atoms with Crippen LogP contribution in [0.2, 0.25) is 0 Å². The van der Waals surface area contributed by atoms with Gasteiger partial charge in [0, 0.05) is 18.7 Å². The molecule has 1 aliphatic heterocycles. The van der Waals surface area contributed by atoms with E-state index in [-0.39, 0.29) is 23.8 Å². The van der Waals surface area contributed by atoms with Crippen LogP contribution in [-0.2, 0) is 16.1 Å². The maximum Gasteiger partial charge on any atom is 0.246 e. The molecular weight excluding hydrogens is 288 g/mol. The first kappa shape index (κ1) is 14.5. The van der Waals surface area contributed by atoms with Crippen LogP contribution in [-0.4, -0.2) is 46.3 Å². The first-order valence-corrected chi connectivity index (χ1v) is 8.48. The number of hydrogen-bond donors (Lipinski definition) is 0. The summed E-state index contributed by atoms with van der Waals surface area (Å²) in [6.07, 6.45) is 4.69. The van der Waals surface area contributed by atoms with Crippen LogP contribution in [0.1, 0.15) is 25.0 Å². The third-order valence-corrected chi connectivity index (χ3v) is 5.27. The van der Waals surface area contributed by atoms with Gasteiger partial charge < -0.3 is 14.2 Å². The van der Waals surface area contributed by atoms with Gasteiger partial charge in [0.05, 0.1) is 18.7 Å². The van der Waals surface area contributed by atoms with Gasteiger partial charge in [0.15, 0.2) is 0 Å². The Morgan fingerprint density at radius 2 is 2.29 bits per heavy atom. The lowest BCUT2D eigenvalue weighted by Crippen LogP contribution is -2.50. The minimum atomic E-state index is -0.317. The molecule has 5 nitrogen and oxygen atoms in total. The highest BCUT2D eigenvalue weighted by Gasteiger charge is 2.40. The molecule has 0 unspecified atom stereocenters. The molecule has 0 N–H and O–H groups in total. The average Bonchev–Trinajstić information content (AvgIpc) is 3.06. The second-order valence-corrected chi connectivity index (χ2v) is 6.72. The van der Waals surface area contributed by atoms with Gasteiger partial charge in [-0.3, -0.25) is 9.59 Å². The van der Waals surface area contributed by atoms with E-state index in [0.29, 0.717) is 18.2 Å². The zero-order chi connectivity index (χ0) is 14.8. The zero-order valence-corrected chi connectivity index (χ0v) is 13.0. The van der Waals surface area contributed by atoms with Gasteiger partial charge in [-0.2, -0.15) is 0 Å². The summed E-state index contributed by atoms with van der Waals surface area (Å²) in [5.74, 6) is 2.41. The van der Waals surface area contributed by atoms with Crippen molar-refractivity contribution in [2.24, 2.45) is 5.92 Å². The molecule has 6 heteroatoms.